The van der Waals surface area contributed by atoms with Crippen LogP contribution in [0.3, 0.4) is 0 Å². The molecule has 4 N–H and O–H groups in total. The maximum absolute atomic E-state index is 9.74. The number of hydrogen-bond acceptors (Lipinski definition) is 6. The van der Waals surface area contributed by atoms with Gasteiger partial charge in [-0.25, -0.2) is 0 Å². The fourth-order valence-electron chi connectivity index (χ4n) is 1.51. The van der Waals surface area contributed by atoms with Gasteiger partial charge in [0.1, 0.15) is 23.9 Å². The van der Waals surface area contributed by atoms with Gasteiger partial charge in [-0.2, -0.15) is 0 Å². The summed E-state index contributed by atoms with van der Waals surface area (Å²) < 4.78 is 9.85. The lowest BCUT2D eigenvalue weighted by molar-refractivity contribution is -0.330. The van der Waals surface area contributed by atoms with Crippen LogP contribution in [0.5, 0.6) is 0 Å². The second kappa shape index (κ2) is 4.09. The van der Waals surface area contributed by atoms with Gasteiger partial charge in [-0.1, -0.05) is 0 Å². The van der Waals surface area contributed by atoms with Gasteiger partial charge in [-0.3, -0.25) is 0 Å². The molecular weight excluding hydrogens is 192 g/mol. The van der Waals surface area contributed by atoms with Crippen LogP contribution in [0.15, 0.2) is 0 Å². The first kappa shape index (κ1) is 11.8. The highest BCUT2D eigenvalue weighted by Crippen LogP contribution is 2.29. The van der Waals surface area contributed by atoms with Gasteiger partial charge in [0.25, 0.3) is 0 Å². The first-order chi connectivity index (χ1) is 6.45. The monoisotopic (exact) mass is 208 g/mol. The molecule has 1 saturated heterocycles. The minimum absolute atomic E-state index is 0.450. The molecule has 0 aromatic rings. The number of hydrogen-bond donors (Lipinski definition) is 4. The normalized spacial score (nSPS) is 49.3. The number of methoxy groups -OCH3 is 1. The molecule has 1 aliphatic heterocycles. The van der Waals surface area contributed by atoms with E-state index in [-0.39, 0.29) is 0 Å². The van der Waals surface area contributed by atoms with E-state index in [1.807, 2.05) is 0 Å². The lowest BCUT2D eigenvalue weighted by Crippen LogP contribution is -2.65. The minimum atomic E-state index is -1.69. The number of rotatable bonds is 2. The van der Waals surface area contributed by atoms with Crippen molar-refractivity contribution in [3.05, 3.63) is 0 Å². The molecule has 1 heterocycles. The van der Waals surface area contributed by atoms with E-state index < -0.39 is 36.8 Å². The molecule has 14 heavy (non-hydrogen) atoms. The molecule has 0 saturated carbocycles. The van der Waals surface area contributed by atoms with E-state index in [4.69, 9.17) is 14.6 Å². The first-order valence-corrected chi connectivity index (χ1v) is 4.32. The molecule has 5 atom stereocenters. The largest absolute Gasteiger partial charge is 0.394 e. The van der Waals surface area contributed by atoms with Gasteiger partial charge in [-0.05, 0) is 6.92 Å². The summed E-state index contributed by atoms with van der Waals surface area (Å²) in [6, 6.07) is 0. The van der Waals surface area contributed by atoms with Crippen LogP contribution in [-0.2, 0) is 9.47 Å². The molecule has 6 nitrogen and oxygen atoms in total. The van der Waals surface area contributed by atoms with E-state index in [9.17, 15) is 15.3 Å². The summed E-state index contributed by atoms with van der Waals surface area (Å²) in [6.07, 6.45) is -4.77. The predicted molar refractivity (Wildman–Crippen MR) is 45.4 cm³/mol. The molecule has 84 valence electrons. The lowest BCUT2D eigenvalue weighted by Gasteiger charge is -2.45. The molecule has 6 heteroatoms. The SMILES string of the molecule is CO[C@H]1O[C@H](CO)[C@@H](O)[C@H](O)[C@]1(C)O. The van der Waals surface area contributed by atoms with Crippen molar-refractivity contribution in [3.8, 4) is 0 Å². The second-order valence-corrected chi connectivity index (χ2v) is 3.59. The fraction of sp³-hybridized carbons (Fsp3) is 1.00. The quantitative estimate of drug-likeness (QED) is 0.412. The van der Waals surface area contributed by atoms with E-state index in [0.717, 1.165) is 0 Å². The highest BCUT2D eigenvalue weighted by molar-refractivity contribution is 4.97. The van der Waals surface area contributed by atoms with E-state index in [1.54, 1.807) is 0 Å². The van der Waals surface area contributed by atoms with Crippen LogP contribution in [0.25, 0.3) is 0 Å². The maximum atomic E-state index is 9.74. The average Bonchev–Trinajstić information content (AvgIpc) is 2.15. The molecule has 1 aliphatic rings. The van der Waals surface area contributed by atoms with Gasteiger partial charge >= 0.3 is 0 Å². The standard InChI is InChI=1S/C8H16O6/c1-8(12)6(11)5(10)4(3-9)14-7(8)13-2/h4-7,9-12H,3H2,1-2H3/t4-,5-,6+,7+,8+/m1/s1. The Morgan fingerprint density at radius 2 is 2.00 bits per heavy atom. The van der Waals surface area contributed by atoms with Gasteiger partial charge in [0.05, 0.1) is 6.61 Å². The summed E-state index contributed by atoms with van der Waals surface area (Å²) in [4.78, 5) is 0. The molecule has 0 aromatic carbocycles. The zero-order chi connectivity index (χ0) is 10.9. The van der Waals surface area contributed by atoms with E-state index in [0.29, 0.717) is 0 Å². The van der Waals surface area contributed by atoms with Crippen LogP contribution < -0.4 is 0 Å². The molecule has 0 aliphatic carbocycles. The van der Waals surface area contributed by atoms with E-state index >= 15 is 0 Å². The fourth-order valence-corrected chi connectivity index (χ4v) is 1.51. The van der Waals surface area contributed by atoms with Crippen LogP contribution in [0.4, 0.5) is 0 Å². The van der Waals surface area contributed by atoms with Crippen molar-refractivity contribution in [1.82, 2.24) is 0 Å². The van der Waals surface area contributed by atoms with E-state index in [1.165, 1.54) is 14.0 Å². The van der Waals surface area contributed by atoms with Crippen LogP contribution >= 0.6 is 0 Å². The zero-order valence-electron chi connectivity index (χ0n) is 8.12. The van der Waals surface area contributed by atoms with Gasteiger partial charge in [-0.15, -0.1) is 0 Å². The highest BCUT2D eigenvalue weighted by atomic mass is 16.7. The van der Waals surface area contributed by atoms with Crippen molar-refractivity contribution >= 4 is 0 Å². The molecule has 0 radical (unpaired) electrons. The van der Waals surface area contributed by atoms with Crippen LogP contribution in [0, 0.1) is 0 Å². The summed E-state index contributed by atoms with van der Waals surface area (Å²) in [7, 11) is 1.30. The summed E-state index contributed by atoms with van der Waals surface area (Å²) in [5.41, 5.74) is -1.69. The summed E-state index contributed by atoms with van der Waals surface area (Å²) in [5.74, 6) is 0. The first-order valence-electron chi connectivity index (χ1n) is 4.32. The number of ether oxygens (including phenoxy) is 2. The van der Waals surface area contributed by atoms with E-state index in [2.05, 4.69) is 0 Å². The minimum Gasteiger partial charge on any atom is -0.394 e. The summed E-state index contributed by atoms with van der Waals surface area (Å²) >= 11 is 0. The Bertz CT molecular complexity index is 190. The number of aliphatic hydroxyl groups is 4. The van der Waals surface area contributed by atoms with Crippen molar-refractivity contribution in [3.63, 3.8) is 0 Å². The Hall–Kier alpha value is -0.240. The Balaban J connectivity index is 2.83. The molecular formula is C8H16O6. The third kappa shape index (κ3) is 1.77. The molecule has 1 fully saturated rings. The molecule has 0 bridgehead atoms. The second-order valence-electron chi connectivity index (χ2n) is 3.59. The lowest BCUT2D eigenvalue weighted by atomic mass is 9.88. The van der Waals surface area contributed by atoms with Gasteiger partial charge in [0.2, 0.25) is 0 Å². The topological polar surface area (TPSA) is 99.4 Å². The molecule has 0 unspecified atom stereocenters. The highest BCUT2D eigenvalue weighted by Gasteiger charge is 2.51. The Labute approximate surface area is 81.7 Å². The molecule has 0 amide bonds. The zero-order valence-corrected chi connectivity index (χ0v) is 8.12. The van der Waals surface area contributed by atoms with Crippen molar-refractivity contribution in [2.24, 2.45) is 0 Å². The number of aliphatic hydroxyl groups excluding tert-OH is 3. The Morgan fingerprint density at radius 3 is 2.43 bits per heavy atom. The molecule has 1 rings (SSSR count). The van der Waals surface area contributed by atoms with Crippen molar-refractivity contribution in [2.45, 2.75) is 37.1 Å². The van der Waals surface area contributed by atoms with Crippen LogP contribution in [0.2, 0.25) is 0 Å². The predicted octanol–water partition coefficient (Wildman–Crippen LogP) is -2.18. The third-order valence-electron chi connectivity index (χ3n) is 2.47. The van der Waals surface area contributed by atoms with Crippen molar-refractivity contribution < 1.29 is 29.9 Å². The molecule has 0 spiro atoms. The Morgan fingerprint density at radius 1 is 1.43 bits per heavy atom. The molecule has 0 aromatic heterocycles. The van der Waals surface area contributed by atoms with Crippen molar-refractivity contribution in [2.75, 3.05) is 13.7 Å². The summed E-state index contributed by atoms with van der Waals surface area (Å²) in [5, 5.41) is 37.5. The van der Waals surface area contributed by atoms with Gasteiger partial charge < -0.3 is 29.9 Å². The average molecular weight is 208 g/mol. The van der Waals surface area contributed by atoms with Crippen molar-refractivity contribution in [1.29, 1.82) is 0 Å². The Kier molecular flexibility index (Phi) is 3.46. The van der Waals surface area contributed by atoms with Crippen LogP contribution in [-0.4, -0.2) is 64.3 Å². The summed E-state index contributed by atoms with van der Waals surface area (Å²) in [6.45, 7) is 0.844. The van der Waals surface area contributed by atoms with Crippen LogP contribution in [0.1, 0.15) is 6.92 Å². The maximum Gasteiger partial charge on any atom is 0.188 e. The smallest absolute Gasteiger partial charge is 0.188 e. The van der Waals surface area contributed by atoms with Gasteiger partial charge in [0.15, 0.2) is 6.29 Å². The van der Waals surface area contributed by atoms with Gasteiger partial charge in [0, 0.05) is 7.11 Å². The third-order valence-corrected chi connectivity index (χ3v) is 2.47.